The van der Waals surface area contributed by atoms with Gasteiger partial charge in [0.15, 0.2) is 0 Å². The Balaban J connectivity index is 5.00. The highest BCUT2D eigenvalue weighted by Gasteiger charge is 2.01. The van der Waals surface area contributed by atoms with E-state index in [2.05, 4.69) is 47.3 Å². The molecule has 0 heterocycles. The summed E-state index contributed by atoms with van der Waals surface area (Å²) < 4.78 is 0. The molecule has 0 radical (unpaired) electrons. The summed E-state index contributed by atoms with van der Waals surface area (Å²) in [4.78, 5) is 0. The van der Waals surface area contributed by atoms with Gasteiger partial charge in [-0.1, -0.05) is 30.7 Å². The summed E-state index contributed by atoms with van der Waals surface area (Å²) in [7, 11) is 0. The molecule has 12 heavy (non-hydrogen) atoms. The van der Waals surface area contributed by atoms with Crippen molar-refractivity contribution in [2.45, 2.75) is 41.0 Å². The largest absolute Gasteiger partial charge is 0.0958 e. The van der Waals surface area contributed by atoms with Crippen LogP contribution in [0.15, 0.2) is 34.9 Å². The third-order valence-electron chi connectivity index (χ3n) is 2.36. The van der Waals surface area contributed by atoms with Gasteiger partial charge in [-0.3, -0.25) is 0 Å². The van der Waals surface area contributed by atoms with Crippen molar-refractivity contribution >= 4 is 0 Å². The lowest BCUT2D eigenvalue weighted by Gasteiger charge is -2.10. The fourth-order valence-corrected chi connectivity index (χ4v) is 1.27. The number of hydrogen-bond acceptors (Lipinski definition) is 0. The summed E-state index contributed by atoms with van der Waals surface area (Å²) in [6.07, 6.45) is 3.25. The topological polar surface area (TPSA) is 0 Å². The molecule has 0 spiro atoms. The molecule has 0 aliphatic heterocycles. The maximum absolute atomic E-state index is 3.96. The zero-order chi connectivity index (χ0) is 9.72. The fraction of sp³-hybridized carbons (Fsp3) is 0.500. The molecule has 0 bridgehead atoms. The van der Waals surface area contributed by atoms with E-state index in [-0.39, 0.29) is 0 Å². The zero-order valence-corrected chi connectivity index (χ0v) is 8.99. The van der Waals surface area contributed by atoms with Crippen molar-refractivity contribution in [1.29, 1.82) is 0 Å². The quantitative estimate of drug-likeness (QED) is 0.547. The molecule has 0 saturated carbocycles. The van der Waals surface area contributed by atoms with Crippen LogP contribution in [0, 0.1) is 0 Å². The number of rotatable bonds is 3. The molecular formula is C12H20. The van der Waals surface area contributed by atoms with Crippen molar-refractivity contribution in [1.82, 2.24) is 0 Å². The second-order valence-electron chi connectivity index (χ2n) is 3.21. The summed E-state index contributed by atoms with van der Waals surface area (Å²) in [5.74, 6) is 0. The van der Waals surface area contributed by atoms with Gasteiger partial charge in [-0.2, -0.15) is 0 Å². The van der Waals surface area contributed by atoms with Gasteiger partial charge in [-0.15, -0.1) is 0 Å². The molecular weight excluding hydrogens is 144 g/mol. The Morgan fingerprint density at radius 1 is 1.25 bits per heavy atom. The third kappa shape index (κ3) is 2.69. The normalized spacial score (nSPS) is 14.2. The van der Waals surface area contributed by atoms with Crippen molar-refractivity contribution in [3.05, 3.63) is 34.9 Å². The van der Waals surface area contributed by atoms with Crippen LogP contribution in [0.4, 0.5) is 0 Å². The van der Waals surface area contributed by atoms with Crippen molar-refractivity contribution in [3.8, 4) is 0 Å². The lowest BCUT2D eigenvalue weighted by Crippen LogP contribution is -1.90. The van der Waals surface area contributed by atoms with Crippen molar-refractivity contribution < 1.29 is 0 Å². The molecule has 0 aliphatic rings. The minimum atomic E-state index is 1.09. The Labute approximate surface area is 76.7 Å². The maximum Gasteiger partial charge on any atom is -0.0302 e. The molecule has 0 rings (SSSR count). The van der Waals surface area contributed by atoms with Gasteiger partial charge in [0.05, 0.1) is 0 Å². The summed E-state index contributed by atoms with van der Waals surface area (Å²) in [6.45, 7) is 14.6. The first-order chi connectivity index (χ1) is 5.54. The minimum Gasteiger partial charge on any atom is -0.0958 e. The molecule has 0 aromatic rings. The lowest BCUT2D eigenvalue weighted by molar-refractivity contribution is 1.06. The Kier molecular flexibility index (Phi) is 4.65. The highest BCUT2D eigenvalue weighted by atomic mass is 14.1. The van der Waals surface area contributed by atoms with Crippen LogP contribution in [0.5, 0.6) is 0 Å². The summed E-state index contributed by atoms with van der Waals surface area (Å²) in [5, 5.41) is 0. The molecule has 0 heteroatoms. The van der Waals surface area contributed by atoms with E-state index in [0.29, 0.717) is 0 Å². The van der Waals surface area contributed by atoms with Crippen molar-refractivity contribution in [3.63, 3.8) is 0 Å². The van der Waals surface area contributed by atoms with Crippen LogP contribution in [-0.4, -0.2) is 0 Å². The standard InChI is InChI=1S/C12H20/c1-7-10(5)12(8-2)11(6)9(3)4/h7H,3,8H2,1-2,4-6H3. The minimum absolute atomic E-state index is 1.09. The third-order valence-corrected chi connectivity index (χ3v) is 2.36. The van der Waals surface area contributed by atoms with Gasteiger partial charge in [0.2, 0.25) is 0 Å². The first-order valence-corrected chi connectivity index (χ1v) is 4.53. The van der Waals surface area contributed by atoms with Crippen LogP contribution < -0.4 is 0 Å². The summed E-state index contributed by atoms with van der Waals surface area (Å²) in [5.41, 5.74) is 5.32. The molecule has 0 saturated heterocycles. The Morgan fingerprint density at radius 3 is 2.00 bits per heavy atom. The van der Waals surface area contributed by atoms with Gasteiger partial charge in [0.1, 0.15) is 0 Å². The summed E-state index contributed by atoms with van der Waals surface area (Å²) in [6, 6.07) is 0. The average Bonchev–Trinajstić information content (AvgIpc) is 2.05. The highest BCUT2D eigenvalue weighted by molar-refractivity contribution is 5.40. The molecule has 0 fully saturated rings. The maximum atomic E-state index is 3.96. The first kappa shape index (κ1) is 11.2. The van der Waals surface area contributed by atoms with Gasteiger partial charge < -0.3 is 0 Å². The van der Waals surface area contributed by atoms with E-state index in [1.165, 1.54) is 22.3 Å². The van der Waals surface area contributed by atoms with E-state index in [9.17, 15) is 0 Å². The smallest absolute Gasteiger partial charge is 0.0302 e. The van der Waals surface area contributed by atoms with E-state index in [1.54, 1.807) is 0 Å². The van der Waals surface area contributed by atoms with E-state index in [4.69, 9.17) is 0 Å². The predicted molar refractivity (Wildman–Crippen MR) is 57.2 cm³/mol. The molecule has 0 aromatic heterocycles. The Bertz CT molecular complexity index is 226. The monoisotopic (exact) mass is 164 g/mol. The van der Waals surface area contributed by atoms with Gasteiger partial charge in [0.25, 0.3) is 0 Å². The van der Waals surface area contributed by atoms with E-state index in [1.807, 2.05) is 0 Å². The van der Waals surface area contributed by atoms with Crippen LogP contribution in [0.3, 0.4) is 0 Å². The number of allylic oxidation sites excluding steroid dienone is 5. The highest BCUT2D eigenvalue weighted by Crippen LogP contribution is 2.21. The second kappa shape index (κ2) is 4.97. The van der Waals surface area contributed by atoms with Gasteiger partial charge in [0, 0.05) is 0 Å². The molecule has 0 atom stereocenters. The zero-order valence-electron chi connectivity index (χ0n) is 8.99. The molecule has 0 aromatic carbocycles. The molecule has 0 aliphatic carbocycles. The number of hydrogen-bond donors (Lipinski definition) is 0. The van der Waals surface area contributed by atoms with Crippen molar-refractivity contribution in [2.24, 2.45) is 0 Å². The van der Waals surface area contributed by atoms with Crippen LogP contribution in [0.25, 0.3) is 0 Å². The summed E-state index contributed by atoms with van der Waals surface area (Å²) >= 11 is 0. The molecule has 0 nitrogen and oxygen atoms in total. The van der Waals surface area contributed by atoms with E-state index in [0.717, 1.165) is 6.42 Å². The van der Waals surface area contributed by atoms with Gasteiger partial charge in [-0.25, -0.2) is 0 Å². The Hall–Kier alpha value is -0.780. The first-order valence-electron chi connectivity index (χ1n) is 4.53. The van der Waals surface area contributed by atoms with Gasteiger partial charge >= 0.3 is 0 Å². The van der Waals surface area contributed by atoms with Crippen LogP contribution in [0.1, 0.15) is 41.0 Å². The van der Waals surface area contributed by atoms with Crippen molar-refractivity contribution in [2.75, 3.05) is 0 Å². The Morgan fingerprint density at radius 2 is 1.75 bits per heavy atom. The SMILES string of the molecule is C=C(C)C(C)=C(CC)C(C)=CC. The van der Waals surface area contributed by atoms with Crippen LogP contribution in [-0.2, 0) is 0 Å². The lowest BCUT2D eigenvalue weighted by atomic mass is 9.96. The molecule has 0 amide bonds. The fourth-order valence-electron chi connectivity index (χ4n) is 1.27. The predicted octanol–water partition coefficient (Wildman–Crippen LogP) is 4.26. The van der Waals surface area contributed by atoms with Crippen LogP contribution in [0.2, 0.25) is 0 Å². The van der Waals surface area contributed by atoms with E-state index >= 15 is 0 Å². The van der Waals surface area contributed by atoms with E-state index < -0.39 is 0 Å². The molecule has 0 N–H and O–H groups in total. The van der Waals surface area contributed by atoms with Crippen LogP contribution >= 0.6 is 0 Å². The molecule has 0 unspecified atom stereocenters. The molecule has 68 valence electrons. The van der Waals surface area contributed by atoms with Gasteiger partial charge in [-0.05, 0) is 45.3 Å². The average molecular weight is 164 g/mol. The second-order valence-corrected chi connectivity index (χ2v) is 3.21.